The fourth-order valence-corrected chi connectivity index (χ4v) is 2.50. The van der Waals surface area contributed by atoms with Crippen LogP contribution in [-0.2, 0) is 16.1 Å². The molecule has 1 aliphatic heterocycles. The minimum atomic E-state index is -0.0803. The number of benzene rings is 1. The maximum Gasteiger partial charge on any atom is 0.267 e. The number of fused-ring (bicyclic) bond motifs is 1. The highest BCUT2D eigenvalue weighted by atomic mass is 16.6. The van der Waals surface area contributed by atoms with Crippen LogP contribution in [0.3, 0.4) is 0 Å². The van der Waals surface area contributed by atoms with E-state index in [1.54, 1.807) is 4.90 Å². The number of nitrogens with two attached hydrogens (primary N) is 1. The Labute approximate surface area is 125 Å². The lowest BCUT2D eigenvalue weighted by Gasteiger charge is -2.29. The summed E-state index contributed by atoms with van der Waals surface area (Å²) in [5.41, 5.74) is 7.91. The average Bonchev–Trinajstić information content (AvgIpc) is 2.45. The SMILES string of the molecule is CC(C)CC(N)=NOCC(=O)N1CCCc2ccccc21. The van der Waals surface area contributed by atoms with Gasteiger partial charge in [0.1, 0.15) is 5.84 Å². The van der Waals surface area contributed by atoms with Gasteiger partial charge in [0.25, 0.3) is 5.91 Å². The van der Waals surface area contributed by atoms with Crippen LogP contribution in [0.2, 0.25) is 0 Å². The minimum absolute atomic E-state index is 0.0763. The smallest absolute Gasteiger partial charge is 0.267 e. The third kappa shape index (κ3) is 4.21. The van der Waals surface area contributed by atoms with Crippen molar-refractivity contribution in [1.82, 2.24) is 0 Å². The van der Waals surface area contributed by atoms with Gasteiger partial charge in [0, 0.05) is 18.7 Å². The molecule has 0 spiro atoms. The van der Waals surface area contributed by atoms with Crippen molar-refractivity contribution < 1.29 is 9.63 Å². The van der Waals surface area contributed by atoms with Gasteiger partial charge in [-0.15, -0.1) is 0 Å². The second-order valence-corrected chi connectivity index (χ2v) is 5.73. The molecule has 2 N–H and O–H groups in total. The maximum atomic E-state index is 12.3. The third-order valence-corrected chi connectivity index (χ3v) is 3.40. The van der Waals surface area contributed by atoms with E-state index in [1.165, 1.54) is 5.56 Å². The Morgan fingerprint density at radius 3 is 2.95 bits per heavy atom. The van der Waals surface area contributed by atoms with E-state index in [0.717, 1.165) is 25.1 Å². The molecule has 2 rings (SSSR count). The first-order valence-corrected chi connectivity index (χ1v) is 7.40. The molecule has 0 bridgehead atoms. The van der Waals surface area contributed by atoms with Gasteiger partial charge in [0.05, 0.1) is 0 Å². The number of hydrogen-bond donors (Lipinski definition) is 1. The number of oxime groups is 1. The maximum absolute atomic E-state index is 12.3. The summed E-state index contributed by atoms with van der Waals surface area (Å²) in [7, 11) is 0. The van der Waals surface area contributed by atoms with Crippen LogP contribution >= 0.6 is 0 Å². The number of amides is 1. The first-order chi connectivity index (χ1) is 10.1. The molecule has 0 atom stereocenters. The molecular weight excluding hydrogens is 266 g/mol. The molecule has 0 fully saturated rings. The number of amidine groups is 1. The van der Waals surface area contributed by atoms with Gasteiger partial charge in [0.15, 0.2) is 6.61 Å². The molecule has 1 amide bonds. The molecular formula is C16H23N3O2. The molecule has 1 aromatic carbocycles. The van der Waals surface area contributed by atoms with Gasteiger partial charge in [-0.05, 0) is 30.4 Å². The van der Waals surface area contributed by atoms with Crippen LogP contribution in [0.15, 0.2) is 29.4 Å². The van der Waals surface area contributed by atoms with Gasteiger partial charge in [-0.2, -0.15) is 0 Å². The van der Waals surface area contributed by atoms with Crippen molar-refractivity contribution in [2.45, 2.75) is 33.1 Å². The van der Waals surface area contributed by atoms with Crippen molar-refractivity contribution in [3.63, 3.8) is 0 Å². The Bertz CT molecular complexity index is 526. The van der Waals surface area contributed by atoms with Gasteiger partial charge in [0.2, 0.25) is 0 Å². The van der Waals surface area contributed by atoms with Crippen LogP contribution in [0.25, 0.3) is 0 Å². The van der Waals surface area contributed by atoms with Gasteiger partial charge in [-0.25, -0.2) is 0 Å². The van der Waals surface area contributed by atoms with Crippen LogP contribution in [0.5, 0.6) is 0 Å². The minimum Gasteiger partial charge on any atom is -0.384 e. The Balaban J connectivity index is 1.93. The zero-order valence-electron chi connectivity index (χ0n) is 12.7. The highest BCUT2D eigenvalue weighted by Gasteiger charge is 2.22. The van der Waals surface area contributed by atoms with E-state index in [9.17, 15) is 4.79 Å². The van der Waals surface area contributed by atoms with Crippen LogP contribution in [0, 0.1) is 5.92 Å². The average molecular weight is 289 g/mol. The number of nitrogens with zero attached hydrogens (tertiary/aromatic N) is 2. The third-order valence-electron chi connectivity index (χ3n) is 3.40. The predicted octanol–water partition coefficient (Wildman–Crippen LogP) is 2.30. The predicted molar refractivity (Wildman–Crippen MR) is 84.1 cm³/mol. The lowest BCUT2D eigenvalue weighted by Crippen LogP contribution is -2.37. The van der Waals surface area contributed by atoms with E-state index in [-0.39, 0.29) is 12.5 Å². The summed E-state index contributed by atoms with van der Waals surface area (Å²) in [5, 5.41) is 3.80. The highest BCUT2D eigenvalue weighted by molar-refractivity contribution is 5.95. The van der Waals surface area contributed by atoms with Gasteiger partial charge < -0.3 is 15.5 Å². The van der Waals surface area contributed by atoms with Gasteiger partial charge in [-0.3, -0.25) is 4.79 Å². The number of carbonyl (C=O) groups is 1. The Morgan fingerprint density at radius 1 is 1.43 bits per heavy atom. The second kappa shape index (κ2) is 7.11. The fraction of sp³-hybridized carbons (Fsp3) is 0.500. The molecule has 5 heteroatoms. The topological polar surface area (TPSA) is 67.9 Å². The first-order valence-electron chi connectivity index (χ1n) is 7.40. The number of carbonyl (C=O) groups excluding carboxylic acids is 1. The van der Waals surface area contributed by atoms with Crippen molar-refractivity contribution in [3.05, 3.63) is 29.8 Å². The molecule has 0 saturated carbocycles. The van der Waals surface area contributed by atoms with E-state index in [1.807, 2.05) is 18.2 Å². The largest absolute Gasteiger partial charge is 0.384 e. The molecule has 0 saturated heterocycles. The number of hydrogen-bond acceptors (Lipinski definition) is 3. The van der Waals surface area contributed by atoms with Crippen LogP contribution in [-0.4, -0.2) is 24.9 Å². The summed E-state index contributed by atoms with van der Waals surface area (Å²) in [6.07, 6.45) is 2.66. The van der Waals surface area contributed by atoms with Crippen LogP contribution < -0.4 is 10.6 Å². The lowest BCUT2D eigenvalue weighted by molar-refractivity contribution is -0.123. The fourth-order valence-electron chi connectivity index (χ4n) is 2.50. The van der Waals surface area contributed by atoms with Gasteiger partial charge >= 0.3 is 0 Å². The molecule has 1 aliphatic rings. The Morgan fingerprint density at radius 2 is 2.19 bits per heavy atom. The molecule has 0 aromatic heterocycles. The molecule has 1 aromatic rings. The highest BCUT2D eigenvalue weighted by Crippen LogP contribution is 2.26. The molecule has 0 aliphatic carbocycles. The zero-order chi connectivity index (χ0) is 15.2. The molecule has 1 heterocycles. The second-order valence-electron chi connectivity index (χ2n) is 5.73. The molecule has 21 heavy (non-hydrogen) atoms. The molecule has 5 nitrogen and oxygen atoms in total. The van der Waals surface area contributed by atoms with Crippen LogP contribution in [0.4, 0.5) is 5.69 Å². The normalized spacial score (nSPS) is 15.0. The summed E-state index contributed by atoms with van der Waals surface area (Å²) in [5.74, 6) is 0.766. The van der Waals surface area contributed by atoms with Crippen molar-refractivity contribution >= 4 is 17.4 Å². The summed E-state index contributed by atoms with van der Waals surface area (Å²) < 4.78 is 0. The van der Waals surface area contributed by atoms with E-state index < -0.39 is 0 Å². The number of rotatable bonds is 5. The summed E-state index contributed by atoms with van der Waals surface area (Å²) in [4.78, 5) is 19.1. The standard InChI is InChI=1S/C16H23N3O2/c1-12(2)10-15(17)18-21-11-16(20)19-9-5-7-13-6-3-4-8-14(13)19/h3-4,6,8,12H,5,7,9-11H2,1-2H3,(H2,17,18). The molecule has 0 radical (unpaired) electrons. The van der Waals surface area contributed by atoms with Crippen LogP contribution in [0.1, 0.15) is 32.3 Å². The summed E-state index contributed by atoms with van der Waals surface area (Å²) in [6.45, 7) is 4.76. The summed E-state index contributed by atoms with van der Waals surface area (Å²) in [6, 6.07) is 7.99. The molecule has 0 unspecified atom stereocenters. The number of anilines is 1. The monoisotopic (exact) mass is 289 g/mol. The first kappa shape index (κ1) is 15.4. The quantitative estimate of drug-likeness (QED) is 0.514. The lowest BCUT2D eigenvalue weighted by atomic mass is 10.0. The van der Waals surface area contributed by atoms with Crippen molar-refractivity contribution in [2.75, 3.05) is 18.1 Å². The van der Waals surface area contributed by atoms with Crippen molar-refractivity contribution in [2.24, 2.45) is 16.8 Å². The van der Waals surface area contributed by atoms with E-state index >= 15 is 0 Å². The van der Waals surface area contributed by atoms with Gasteiger partial charge in [-0.1, -0.05) is 37.2 Å². The number of aryl methyl sites for hydroxylation is 1. The molecule has 114 valence electrons. The van der Waals surface area contributed by atoms with Crippen molar-refractivity contribution in [3.8, 4) is 0 Å². The van der Waals surface area contributed by atoms with Crippen molar-refractivity contribution in [1.29, 1.82) is 0 Å². The van der Waals surface area contributed by atoms with E-state index in [0.29, 0.717) is 18.2 Å². The number of para-hydroxylation sites is 1. The Hall–Kier alpha value is -2.04. The van der Waals surface area contributed by atoms with E-state index in [4.69, 9.17) is 10.6 Å². The summed E-state index contributed by atoms with van der Waals surface area (Å²) >= 11 is 0. The van der Waals surface area contributed by atoms with E-state index in [2.05, 4.69) is 25.1 Å². The zero-order valence-corrected chi connectivity index (χ0v) is 12.7. The Kier molecular flexibility index (Phi) is 5.20.